The van der Waals surface area contributed by atoms with Crippen LogP contribution in [0.2, 0.25) is 0 Å². The second kappa shape index (κ2) is 53.7. The van der Waals surface area contributed by atoms with Crippen molar-refractivity contribution >= 4 is 11.9 Å². The van der Waals surface area contributed by atoms with E-state index in [0.29, 0.717) is 19.4 Å². The number of aliphatic hydroxyl groups excluding tert-OH is 2. The van der Waals surface area contributed by atoms with Gasteiger partial charge in [0.1, 0.15) is 0 Å². The monoisotopic (exact) mass is 900 g/mol. The number of carbonyl (C=O) groups is 2. The predicted molar refractivity (Wildman–Crippen MR) is 278 cm³/mol. The van der Waals surface area contributed by atoms with Gasteiger partial charge in [-0.1, -0.05) is 256 Å². The minimum absolute atomic E-state index is 0.000669. The van der Waals surface area contributed by atoms with Crippen molar-refractivity contribution < 1.29 is 24.5 Å². The SMILES string of the molecule is CCCCC/C=C\C/C=C\CCCCCCCC(=O)OCCCCCCCCCCCCCCCCCCCCCCCCCC(=O)NC(CO)C(O)/C=C/CCCCCCCCC. The highest BCUT2D eigenvalue weighted by Crippen LogP contribution is 2.17. The molecule has 0 radical (unpaired) electrons. The first-order chi connectivity index (χ1) is 31.5. The van der Waals surface area contributed by atoms with Gasteiger partial charge < -0.3 is 20.3 Å². The number of hydrogen-bond acceptors (Lipinski definition) is 5. The van der Waals surface area contributed by atoms with Gasteiger partial charge in [-0.15, -0.1) is 0 Å². The fourth-order valence-corrected chi connectivity index (χ4v) is 8.55. The summed E-state index contributed by atoms with van der Waals surface area (Å²) in [7, 11) is 0. The summed E-state index contributed by atoms with van der Waals surface area (Å²) in [5.74, 6) is -0.0711. The molecule has 0 aliphatic carbocycles. The van der Waals surface area contributed by atoms with Crippen molar-refractivity contribution in [2.24, 2.45) is 0 Å². The number of carbonyl (C=O) groups excluding carboxylic acids is 2. The number of aliphatic hydroxyl groups is 2. The van der Waals surface area contributed by atoms with Crippen LogP contribution in [0.15, 0.2) is 36.5 Å². The van der Waals surface area contributed by atoms with E-state index in [9.17, 15) is 19.8 Å². The zero-order chi connectivity index (χ0) is 46.5. The third-order valence-corrected chi connectivity index (χ3v) is 12.9. The van der Waals surface area contributed by atoms with E-state index in [1.54, 1.807) is 6.08 Å². The maximum atomic E-state index is 12.4. The maximum absolute atomic E-state index is 12.4. The minimum atomic E-state index is -0.842. The first-order valence-electron chi connectivity index (χ1n) is 28.3. The summed E-state index contributed by atoms with van der Waals surface area (Å²) in [6.45, 7) is 4.84. The van der Waals surface area contributed by atoms with Gasteiger partial charge in [0.15, 0.2) is 0 Å². The minimum Gasteiger partial charge on any atom is -0.466 e. The van der Waals surface area contributed by atoms with Crippen LogP contribution in [-0.4, -0.2) is 47.4 Å². The Balaban J connectivity index is 3.36. The Hall–Kier alpha value is -1.92. The van der Waals surface area contributed by atoms with E-state index in [0.717, 1.165) is 51.4 Å². The Morgan fingerprint density at radius 1 is 0.438 bits per heavy atom. The van der Waals surface area contributed by atoms with Crippen LogP contribution in [-0.2, 0) is 14.3 Å². The van der Waals surface area contributed by atoms with Crippen LogP contribution in [0.5, 0.6) is 0 Å². The highest BCUT2D eigenvalue weighted by atomic mass is 16.5. The van der Waals surface area contributed by atoms with Crippen molar-refractivity contribution in [2.45, 2.75) is 309 Å². The lowest BCUT2D eigenvalue weighted by molar-refractivity contribution is -0.143. The number of amides is 1. The number of esters is 1. The highest BCUT2D eigenvalue weighted by Gasteiger charge is 2.18. The Bertz CT molecular complexity index is 1040. The second-order valence-corrected chi connectivity index (χ2v) is 19.3. The van der Waals surface area contributed by atoms with Crippen molar-refractivity contribution in [3.8, 4) is 0 Å². The van der Waals surface area contributed by atoms with E-state index in [4.69, 9.17) is 4.74 Å². The molecule has 0 bridgehead atoms. The second-order valence-electron chi connectivity index (χ2n) is 19.3. The summed E-state index contributed by atoms with van der Waals surface area (Å²) in [6.07, 6.45) is 66.0. The molecule has 0 aromatic heterocycles. The van der Waals surface area contributed by atoms with Crippen molar-refractivity contribution in [3.05, 3.63) is 36.5 Å². The molecule has 0 rings (SSSR count). The van der Waals surface area contributed by atoms with Crippen LogP contribution in [0.25, 0.3) is 0 Å². The third-order valence-electron chi connectivity index (χ3n) is 12.9. The lowest BCUT2D eigenvalue weighted by Gasteiger charge is -2.20. The average Bonchev–Trinajstić information content (AvgIpc) is 3.29. The van der Waals surface area contributed by atoms with Crippen molar-refractivity contribution in [1.29, 1.82) is 0 Å². The van der Waals surface area contributed by atoms with Crippen LogP contribution in [0.4, 0.5) is 0 Å². The van der Waals surface area contributed by atoms with Gasteiger partial charge >= 0.3 is 5.97 Å². The molecule has 0 aliphatic rings. The van der Waals surface area contributed by atoms with Gasteiger partial charge in [0.05, 0.1) is 25.4 Å². The Morgan fingerprint density at radius 2 is 0.781 bits per heavy atom. The molecule has 2 atom stereocenters. The van der Waals surface area contributed by atoms with Crippen molar-refractivity contribution in [2.75, 3.05) is 13.2 Å². The summed E-state index contributed by atoms with van der Waals surface area (Å²) in [5, 5.41) is 22.9. The molecular weight excluding hydrogens is 791 g/mol. The summed E-state index contributed by atoms with van der Waals surface area (Å²) in [6, 6.07) is -0.625. The van der Waals surface area contributed by atoms with E-state index in [-0.39, 0.29) is 18.5 Å². The Labute approximate surface area is 398 Å². The Morgan fingerprint density at radius 3 is 1.22 bits per heavy atom. The summed E-state index contributed by atoms with van der Waals surface area (Å²) in [5.41, 5.74) is 0. The molecule has 0 aliphatic heterocycles. The predicted octanol–water partition coefficient (Wildman–Crippen LogP) is 17.2. The number of rotatable bonds is 52. The fourth-order valence-electron chi connectivity index (χ4n) is 8.55. The molecule has 0 aromatic carbocycles. The van der Waals surface area contributed by atoms with E-state index in [1.165, 1.54) is 218 Å². The quantitative estimate of drug-likeness (QED) is 0.0321. The molecule has 0 saturated carbocycles. The molecule has 0 saturated heterocycles. The van der Waals surface area contributed by atoms with E-state index < -0.39 is 12.1 Å². The smallest absolute Gasteiger partial charge is 0.305 e. The van der Waals surface area contributed by atoms with Gasteiger partial charge in [0.2, 0.25) is 5.91 Å². The molecule has 2 unspecified atom stereocenters. The zero-order valence-electron chi connectivity index (χ0n) is 42.8. The summed E-state index contributed by atoms with van der Waals surface area (Å²) in [4.78, 5) is 24.4. The van der Waals surface area contributed by atoms with E-state index in [1.807, 2.05) is 6.08 Å². The molecule has 0 spiro atoms. The van der Waals surface area contributed by atoms with Crippen LogP contribution >= 0.6 is 0 Å². The van der Waals surface area contributed by atoms with Gasteiger partial charge in [-0.2, -0.15) is 0 Å². The van der Waals surface area contributed by atoms with Crippen LogP contribution in [0, 0.1) is 0 Å². The highest BCUT2D eigenvalue weighted by molar-refractivity contribution is 5.76. The van der Waals surface area contributed by atoms with E-state index in [2.05, 4.69) is 43.5 Å². The van der Waals surface area contributed by atoms with Crippen LogP contribution in [0.1, 0.15) is 296 Å². The first-order valence-corrected chi connectivity index (χ1v) is 28.3. The average molecular weight is 901 g/mol. The van der Waals surface area contributed by atoms with Crippen LogP contribution < -0.4 is 5.32 Å². The molecule has 64 heavy (non-hydrogen) atoms. The maximum Gasteiger partial charge on any atom is 0.305 e. The molecule has 3 N–H and O–H groups in total. The number of allylic oxidation sites excluding steroid dienone is 5. The van der Waals surface area contributed by atoms with Gasteiger partial charge in [-0.3, -0.25) is 9.59 Å². The molecule has 1 amide bonds. The zero-order valence-corrected chi connectivity index (χ0v) is 42.8. The molecular formula is C58H109NO5. The van der Waals surface area contributed by atoms with Gasteiger partial charge in [-0.25, -0.2) is 0 Å². The van der Waals surface area contributed by atoms with Crippen molar-refractivity contribution in [1.82, 2.24) is 5.32 Å². The number of unbranched alkanes of at least 4 members (excludes halogenated alkanes) is 37. The van der Waals surface area contributed by atoms with Crippen LogP contribution in [0.3, 0.4) is 0 Å². The molecule has 0 aromatic rings. The Kier molecular flexibility index (Phi) is 52.1. The summed E-state index contributed by atoms with van der Waals surface area (Å²) < 4.78 is 5.47. The largest absolute Gasteiger partial charge is 0.466 e. The molecule has 6 heteroatoms. The van der Waals surface area contributed by atoms with Gasteiger partial charge in [0, 0.05) is 12.8 Å². The summed E-state index contributed by atoms with van der Waals surface area (Å²) >= 11 is 0. The normalized spacial score (nSPS) is 12.9. The standard InChI is InChI=1S/C58H109NO5/c1-3-5-7-9-11-13-14-15-25-29-32-36-40-44-48-52-58(63)64-53-49-45-41-37-33-30-27-24-22-20-18-16-17-19-21-23-26-28-31-35-39-43-47-51-57(62)59-55(54-60)56(61)50-46-42-38-34-12-10-8-6-4-2/h11,13,15,25,46,50,55-56,60-61H,3-10,12,14,16-24,26-45,47-49,51-54H2,1-2H3,(H,59,62)/b13-11-,25-15-,50-46+. The van der Waals surface area contributed by atoms with Gasteiger partial charge in [0.25, 0.3) is 0 Å². The molecule has 376 valence electrons. The molecule has 0 heterocycles. The topological polar surface area (TPSA) is 95.9 Å². The number of ether oxygens (including phenoxy) is 1. The fraction of sp³-hybridized carbons (Fsp3) is 0.862. The van der Waals surface area contributed by atoms with E-state index >= 15 is 0 Å². The molecule has 6 nitrogen and oxygen atoms in total. The lowest BCUT2D eigenvalue weighted by atomic mass is 10.0. The van der Waals surface area contributed by atoms with Crippen molar-refractivity contribution in [3.63, 3.8) is 0 Å². The lowest BCUT2D eigenvalue weighted by Crippen LogP contribution is -2.45. The first kappa shape index (κ1) is 62.1. The number of nitrogens with one attached hydrogen (secondary N) is 1. The van der Waals surface area contributed by atoms with Gasteiger partial charge in [-0.05, 0) is 64.2 Å². The third kappa shape index (κ3) is 49.5. The number of hydrogen-bond donors (Lipinski definition) is 3. The molecule has 0 fully saturated rings.